The normalized spacial score (nSPS) is 11.5. The number of hydrogen-bond acceptors (Lipinski definition) is 5. The van der Waals surface area contributed by atoms with Crippen molar-refractivity contribution in [3.8, 4) is 33.8 Å². The van der Waals surface area contributed by atoms with Gasteiger partial charge in [0.2, 0.25) is 5.91 Å². The molecule has 3 N–H and O–H groups in total. The van der Waals surface area contributed by atoms with Gasteiger partial charge in [0.15, 0.2) is 5.82 Å². The van der Waals surface area contributed by atoms with Crippen molar-refractivity contribution < 1.29 is 10.6 Å². The number of halogens is 1. The molecule has 0 bridgehead atoms. The number of anilines is 1. The first kappa shape index (κ1) is 23.5. The van der Waals surface area contributed by atoms with Crippen LogP contribution in [0.1, 0.15) is 21.7 Å². The van der Waals surface area contributed by atoms with Crippen LogP contribution in [0, 0.1) is 11.7 Å². The van der Waals surface area contributed by atoms with Crippen molar-refractivity contribution in [2.45, 2.75) is 20.3 Å². The molecule has 0 saturated heterocycles. The monoisotopic (exact) mass is 507 g/mol. The van der Waals surface area contributed by atoms with E-state index in [1.807, 2.05) is 44.2 Å². The van der Waals surface area contributed by atoms with Gasteiger partial charge in [-0.15, -0.1) is 0 Å². The quantitative estimate of drug-likeness (QED) is 0.235. The summed E-state index contributed by atoms with van der Waals surface area (Å²) >= 11 is 0. The molecule has 2 aromatic carbocycles. The largest absolute Gasteiger partial charge is 0.335 e. The van der Waals surface area contributed by atoms with E-state index in [2.05, 4.69) is 30.5 Å². The summed E-state index contributed by atoms with van der Waals surface area (Å²) in [6.45, 7) is 4.01. The maximum absolute atomic E-state index is 13.9. The fourth-order valence-electron chi connectivity index (χ4n) is 4.54. The lowest BCUT2D eigenvalue weighted by Crippen LogP contribution is -2.13. The molecule has 6 rings (SSSR count). The Labute approximate surface area is 218 Å². The molecule has 0 unspecified atom stereocenters. The molecule has 9 heteroatoms. The third-order valence-corrected chi connectivity index (χ3v) is 6.27. The van der Waals surface area contributed by atoms with Gasteiger partial charge < -0.3 is 10.3 Å². The first-order valence-corrected chi connectivity index (χ1v) is 12.3. The second-order valence-corrected chi connectivity index (χ2v) is 9.62. The second kappa shape index (κ2) is 9.51. The van der Waals surface area contributed by atoms with Crippen molar-refractivity contribution in [3.63, 3.8) is 0 Å². The molecular weight excluding hydrogens is 481 g/mol. The summed E-state index contributed by atoms with van der Waals surface area (Å²) in [6, 6.07) is 14.2. The number of rotatable bonds is 6. The molecule has 0 aliphatic rings. The summed E-state index contributed by atoms with van der Waals surface area (Å²) in [5.74, 6) is 0.483. The zero-order chi connectivity index (χ0) is 26.2. The number of carbonyl (C=O) groups is 1. The Morgan fingerprint density at radius 3 is 2.68 bits per heavy atom. The Morgan fingerprint density at radius 1 is 0.974 bits per heavy atom. The van der Waals surface area contributed by atoms with E-state index in [9.17, 15) is 9.18 Å². The van der Waals surface area contributed by atoms with Gasteiger partial charge in [0.25, 0.3) is 0 Å². The third-order valence-electron chi connectivity index (χ3n) is 6.27. The third kappa shape index (κ3) is 4.50. The molecule has 38 heavy (non-hydrogen) atoms. The number of aromatic amines is 2. The van der Waals surface area contributed by atoms with Crippen molar-refractivity contribution in [2.75, 3.05) is 5.32 Å². The summed E-state index contributed by atoms with van der Waals surface area (Å²) in [5.41, 5.74) is 6.77. The second-order valence-electron chi connectivity index (χ2n) is 9.62. The van der Waals surface area contributed by atoms with Gasteiger partial charge in [-0.25, -0.2) is 9.37 Å². The van der Waals surface area contributed by atoms with Gasteiger partial charge in [0, 0.05) is 36.8 Å². The number of nitrogens with zero attached hydrogens (tertiary/aromatic N) is 4. The van der Waals surface area contributed by atoms with Crippen molar-refractivity contribution in [1.82, 2.24) is 30.1 Å². The highest BCUT2D eigenvalue weighted by Gasteiger charge is 2.17. The van der Waals surface area contributed by atoms with Crippen LogP contribution in [0.2, 0.25) is 0 Å². The Balaban J connectivity index is 0.00000308. The van der Waals surface area contributed by atoms with E-state index >= 15 is 0 Å². The van der Waals surface area contributed by atoms with Gasteiger partial charge in [0.05, 0.1) is 34.6 Å². The highest BCUT2D eigenvalue weighted by atomic mass is 19.1. The number of H-pyrrole nitrogens is 2. The first-order chi connectivity index (χ1) is 18.4. The van der Waals surface area contributed by atoms with E-state index in [4.69, 9.17) is 4.98 Å². The predicted molar refractivity (Wildman–Crippen MR) is 148 cm³/mol. The summed E-state index contributed by atoms with van der Waals surface area (Å²) in [5, 5.41) is 11.4. The van der Waals surface area contributed by atoms with Crippen molar-refractivity contribution in [2.24, 2.45) is 5.92 Å². The molecule has 0 atom stereocenters. The minimum absolute atomic E-state index is 0. The number of imidazole rings is 1. The Bertz CT molecular complexity index is 1810. The Hall–Kier alpha value is -4.92. The Kier molecular flexibility index (Phi) is 5.88. The van der Waals surface area contributed by atoms with Crippen LogP contribution in [0.25, 0.3) is 55.7 Å². The molecule has 0 fully saturated rings. The van der Waals surface area contributed by atoms with Crippen LogP contribution >= 0.6 is 0 Å². The number of nitrogens with one attached hydrogen (secondary N) is 3. The SMILES string of the molecule is CC(C)CC(=O)Nc1cncc(-c2ccc3[nH]nc(-c4nc5c(-c6cccc(F)c6)cncc5[nH]4)c3c2)c1.[HH]. The summed E-state index contributed by atoms with van der Waals surface area (Å²) in [6.07, 6.45) is 7.23. The van der Waals surface area contributed by atoms with Crippen LogP contribution in [0.3, 0.4) is 0 Å². The molecule has 6 aromatic rings. The molecule has 1 amide bonds. The molecular formula is C29H26FN7O. The molecule has 4 heterocycles. The number of hydrogen-bond donors (Lipinski definition) is 3. The van der Waals surface area contributed by atoms with E-state index in [-0.39, 0.29) is 19.1 Å². The number of fused-ring (bicyclic) bond motifs is 2. The van der Waals surface area contributed by atoms with Crippen LogP contribution in [0.4, 0.5) is 10.1 Å². The maximum atomic E-state index is 13.9. The topological polar surface area (TPSA) is 112 Å². The van der Waals surface area contributed by atoms with E-state index < -0.39 is 0 Å². The highest BCUT2D eigenvalue weighted by Crippen LogP contribution is 2.33. The van der Waals surface area contributed by atoms with Gasteiger partial charge >= 0.3 is 0 Å². The molecule has 0 aliphatic heterocycles. The summed E-state index contributed by atoms with van der Waals surface area (Å²) < 4.78 is 13.9. The zero-order valence-corrected chi connectivity index (χ0v) is 20.8. The number of amides is 1. The number of carbonyl (C=O) groups excluding carboxylic acids is 1. The Morgan fingerprint density at radius 2 is 1.84 bits per heavy atom. The average molecular weight is 508 g/mol. The van der Waals surface area contributed by atoms with Gasteiger partial charge in [-0.05, 0) is 47.4 Å². The molecule has 190 valence electrons. The summed E-state index contributed by atoms with van der Waals surface area (Å²) in [7, 11) is 0. The fraction of sp³-hybridized carbons (Fsp3) is 0.138. The molecule has 4 aromatic heterocycles. The van der Waals surface area contributed by atoms with Crippen molar-refractivity contribution in [3.05, 3.63) is 79.1 Å². The van der Waals surface area contributed by atoms with Crippen molar-refractivity contribution >= 4 is 33.5 Å². The van der Waals surface area contributed by atoms with Crippen LogP contribution in [0.15, 0.2) is 73.3 Å². The molecule has 8 nitrogen and oxygen atoms in total. The number of benzene rings is 2. The highest BCUT2D eigenvalue weighted by molar-refractivity contribution is 5.98. The molecule has 0 aliphatic carbocycles. The van der Waals surface area contributed by atoms with E-state index in [1.165, 1.54) is 12.1 Å². The van der Waals surface area contributed by atoms with Gasteiger partial charge in [-0.2, -0.15) is 5.10 Å². The van der Waals surface area contributed by atoms with Crippen LogP contribution < -0.4 is 5.32 Å². The van der Waals surface area contributed by atoms with Gasteiger partial charge in [-0.1, -0.05) is 32.0 Å². The van der Waals surface area contributed by atoms with Crippen LogP contribution in [-0.4, -0.2) is 36.0 Å². The molecule has 0 radical (unpaired) electrons. The number of pyridine rings is 2. The number of aromatic nitrogens is 6. The molecule has 0 saturated carbocycles. The maximum Gasteiger partial charge on any atom is 0.224 e. The lowest BCUT2D eigenvalue weighted by Gasteiger charge is -2.09. The van der Waals surface area contributed by atoms with E-state index in [1.54, 1.807) is 30.9 Å². The minimum atomic E-state index is -0.320. The standard InChI is InChI=1S/C29H24FN7O.H2/c1-16(2)8-26(38)33-21-10-19(12-31-13-21)17-6-7-24-22(11-17)28(37-36-24)29-34-25-15-32-14-23(27(25)35-29)18-4-3-5-20(30)9-18;/h3-7,9-16H,8H2,1-2H3,(H,33,38)(H,34,35)(H,36,37);1H. The van der Waals surface area contributed by atoms with Gasteiger partial charge in [0.1, 0.15) is 11.5 Å². The smallest absolute Gasteiger partial charge is 0.224 e. The fourth-order valence-corrected chi connectivity index (χ4v) is 4.54. The van der Waals surface area contributed by atoms with Crippen LogP contribution in [0.5, 0.6) is 0 Å². The van der Waals surface area contributed by atoms with Gasteiger partial charge in [-0.3, -0.25) is 19.9 Å². The predicted octanol–water partition coefficient (Wildman–Crippen LogP) is 6.60. The first-order valence-electron chi connectivity index (χ1n) is 12.3. The zero-order valence-electron chi connectivity index (χ0n) is 20.8. The van der Waals surface area contributed by atoms with E-state index in [0.717, 1.165) is 33.1 Å². The lowest BCUT2D eigenvalue weighted by molar-refractivity contribution is -0.116. The van der Waals surface area contributed by atoms with Crippen molar-refractivity contribution in [1.29, 1.82) is 0 Å². The molecule has 0 spiro atoms. The van der Waals surface area contributed by atoms with E-state index in [0.29, 0.717) is 34.7 Å². The average Bonchev–Trinajstić information content (AvgIpc) is 3.52. The summed E-state index contributed by atoms with van der Waals surface area (Å²) in [4.78, 5) is 29.0. The van der Waals surface area contributed by atoms with Crippen LogP contribution in [-0.2, 0) is 4.79 Å². The lowest BCUT2D eigenvalue weighted by atomic mass is 10.0. The minimum Gasteiger partial charge on any atom is -0.335 e.